The highest BCUT2D eigenvalue weighted by molar-refractivity contribution is 7.92. The number of likely N-dealkylation sites (N-methyl/N-ethyl adjacent to an activating group) is 1. The quantitative estimate of drug-likeness (QED) is 0.444. The lowest BCUT2D eigenvalue weighted by molar-refractivity contribution is -0.150. The summed E-state index contributed by atoms with van der Waals surface area (Å²) in [6.45, 7) is 1.13. The van der Waals surface area contributed by atoms with Gasteiger partial charge in [0.2, 0.25) is 10.0 Å². The van der Waals surface area contributed by atoms with E-state index in [1.54, 1.807) is 30.1 Å². The third-order valence-corrected chi connectivity index (χ3v) is 5.83. The monoisotopic (exact) mass is 482 g/mol. The van der Waals surface area contributed by atoms with E-state index in [0.29, 0.717) is 5.56 Å². The number of amides is 1. The normalized spacial score (nSPS) is 11.5. The third kappa shape index (κ3) is 7.68. The van der Waals surface area contributed by atoms with Crippen molar-refractivity contribution in [3.63, 3.8) is 0 Å². The van der Waals surface area contributed by atoms with Gasteiger partial charge in [0.15, 0.2) is 6.61 Å². The van der Waals surface area contributed by atoms with E-state index in [-0.39, 0.29) is 6.54 Å². The summed E-state index contributed by atoms with van der Waals surface area (Å²) < 4.78 is 32.8. The molecule has 0 radical (unpaired) electrons. The van der Waals surface area contributed by atoms with Gasteiger partial charge in [-0.1, -0.05) is 48.0 Å². The van der Waals surface area contributed by atoms with Crippen molar-refractivity contribution in [1.82, 2.24) is 19.4 Å². The maximum Gasteiger partial charge on any atom is 0.321 e. The SMILES string of the molecule is Cc1ccc(C=CS(=O)(=O)NCC(=O)OCC(=O)N(C)Cc2cnn(-c3ccccc3)c2)cc1. The molecule has 0 saturated carbocycles. The zero-order valence-electron chi connectivity index (χ0n) is 18.9. The van der Waals surface area contributed by atoms with Gasteiger partial charge in [0, 0.05) is 30.8 Å². The van der Waals surface area contributed by atoms with Crippen LogP contribution in [-0.4, -0.2) is 55.2 Å². The molecule has 0 aliphatic carbocycles. The summed E-state index contributed by atoms with van der Waals surface area (Å²) in [5.41, 5.74) is 3.47. The standard InChI is InChI=1S/C24H26N4O5S/c1-19-8-10-20(11-9-19)12-13-34(31,32)26-15-24(30)33-18-23(29)27(2)16-21-14-25-28(17-21)22-6-4-3-5-7-22/h3-14,17,26H,15-16,18H2,1-2H3. The van der Waals surface area contributed by atoms with Crippen molar-refractivity contribution in [2.75, 3.05) is 20.2 Å². The Bertz CT molecular complexity index is 1250. The van der Waals surface area contributed by atoms with Crippen LogP contribution in [0.3, 0.4) is 0 Å². The number of nitrogens with one attached hydrogen (secondary N) is 1. The van der Waals surface area contributed by atoms with Gasteiger partial charge in [-0.25, -0.2) is 17.8 Å². The molecule has 0 aliphatic heterocycles. The number of carbonyl (C=O) groups excluding carboxylic acids is 2. The van der Waals surface area contributed by atoms with E-state index in [0.717, 1.165) is 22.2 Å². The first kappa shape index (κ1) is 24.9. The van der Waals surface area contributed by atoms with Crippen LogP contribution in [0.5, 0.6) is 0 Å². The number of hydrogen-bond donors (Lipinski definition) is 1. The zero-order chi connectivity index (χ0) is 24.6. The second-order valence-corrected chi connectivity index (χ2v) is 9.27. The Hall–Kier alpha value is -3.76. The fourth-order valence-electron chi connectivity index (χ4n) is 2.88. The molecule has 0 aliphatic rings. The topological polar surface area (TPSA) is 111 Å². The number of carbonyl (C=O) groups is 2. The predicted molar refractivity (Wildman–Crippen MR) is 128 cm³/mol. The van der Waals surface area contributed by atoms with Gasteiger partial charge in [0.25, 0.3) is 5.91 Å². The summed E-state index contributed by atoms with van der Waals surface area (Å²) in [4.78, 5) is 25.6. The van der Waals surface area contributed by atoms with Gasteiger partial charge in [0.05, 0.1) is 11.9 Å². The molecule has 178 valence electrons. The molecule has 0 fully saturated rings. The van der Waals surface area contributed by atoms with Crippen LogP contribution in [0.15, 0.2) is 72.4 Å². The maximum atomic E-state index is 12.3. The molecule has 3 rings (SSSR count). The first-order valence-corrected chi connectivity index (χ1v) is 12.0. The van der Waals surface area contributed by atoms with Crippen molar-refractivity contribution in [3.8, 4) is 5.69 Å². The van der Waals surface area contributed by atoms with Crippen molar-refractivity contribution >= 4 is 28.0 Å². The van der Waals surface area contributed by atoms with E-state index < -0.39 is 35.1 Å². The molecule has 1 amide bonds. The lowest BCUT2D eigenvalue weighted by atomic mass is 10.2. The fourth-order valence-corrected chi connectivity index (χ4v) is 3.63. The molecule has 0 unspecified atom stereocenters. The smallest absolute Gasteiger partial charge is 0.321 e. The minimum atomic E-state index is -3.84. The molecule has 1 N–H and O–H groups in total. The van der Waals surface area contributed by atoms with Crippen LogP contribution in [0.2, 0.25) is 0 Å². The van der Waals surface area contributed by atoms with E-state index in [4.69, 9.17) is 4.74 Å². The number of aryl methyl sites for hydroxylation is 1. The molecular weight excluding hydrogens is 456 g/mol. The van der Waals surface area contributed by atoms with Gasteiger partial charge in [-0.2, -0.15) is 5.10 Å². The first-order valence-electron chi connectivity index (χ1n) is 10.4. The lowest BCUT2D eigenvalue weighted by Gasteiger charge is -2.16. The molecule has 0 bridgehead atoms. The molecule has 0 spiro atoms. The lowest BCUT2D eigenvalue weighted by Crippen LogP contribution is -2.34. The van der Waals surface area contributed by atoms with Crippen LogP contribution in [-0.2, 0) is 30.9 Å². The minimum absolute atomic E-state index is 0.277. The Morgan fingerprint density at radius 1 is 1.12 bits per heavy atom. The largest absolute Gasteiger partial charge is 0.455 e. The van der Waals surface area contributed by atoms with Gasteiger partial charge in [0.1, 0.15) is 6.54 Å². The van der Waals surface area contributed by atoms with Gasteiger partial charge in [-0.05, 0) is 30.7 Å². The molecule has 3 aromatic rings. The number of sulfonamides is 1. The predicted octanol–water partition coefficient (Wildman–Crippen LogP) is 2.27. The second kappa shape index (κ2) is 11.4. The Balaban J connectivity index is 1.42. The van der Waals surface area contributed by atoms with Crippen molar-refractivity contribution < 1.29 is 22.7 Å². The molecule has 2 aromatic carbocycles. The highest BCUT2D eigenvalue weighted by Crippen LogP contribution is 2.09. The molecule has 1 aromatic heterocycles. The highest BCUT2D eigenvalue weighted by atomic mass is 32.2. The second-order valence-electron chi connectivity index (χ2n) is 7.62. The number of para-hydroxylation sites is 1. The van der Waals surface area contributed by atoms with Gasteiger partial charge < -0.3 is 9.64 Å². The van der Waals surface area contributed by atoms with E-state index >= 15 is 0 Å². The number of ether oxygens (including phenoxy) is 1. The number of hydrogen-bond acceptors (Lipinski definition) is 6. The van der Waals surface area contributed by atoms with Crippen molar-refractivity contribution in [2.45, 2.75) is 13.5 Å². The van der Waals surface area contributed by atoms with E-state index in [9.17, 15) is 18.0 Å². The maximum absolute atomic E-state index is 12.3. The molecule has 0 saturated heterocycles. The summed E-state index contributed by atoms with van der Waals surface area (Å²) in [7, 11) is -2.26. The summed E-state index contributed by atoms with van der Waals surface area (Å²) in [5, 5.41) is 5.25. The molecule has 10 heteroatoms. The number of rotatable bonds is 10. The third-order valence-electron chi connectivity index (χ3n) is 4.79. The molecule has 0 atom stereocenters. The Kier molecular flexibility index (Phi) is 8.34. The van der Waals surface area contributed by atoms with Crippen molar-refractivity contribution in [2.24, 2.45) is 0 Å². The van der Waals surface area contributed by atoms with Crippen LogP contribution in [0, 0.1) is 6.92 Å². The molecule has 1 heterocycles. The highest BCUT2D eigenvalue weighted by Gasteiger charge is 2.15. The Labute approximate surface area is 198 Å². The van der Waals surface area contributed by atoms with Gasteiger partial charge in [-0.15, -0.1) is 0 Å². The Morgan fingerprint density at radius 2 is 1.82 bits per heavy atom. The number of esters is 1. The summed E-state index contributed by atoms with van der Waals surface area (Å²) in [6, 6.07) is 16.8. The van der Waals surface area contributed by atoms with Crippen LogP contribution in [0.25, 0.3) is 11.8 Å². The first-order chi connectivity index (χ1) is 16.2. The molecule has 9 nitrogen and oxygen atoms in total. The summed E-state index contributed by atoms with van der Waals surface area (Å²) >= 11 is 0. The Morgan fingerprint density at radius 3 is 2.53 bits per heavy atom. The zero-order valence-corrected chi connectivity index (χ0v) is 19.7. The van der Waals surface area contributed by atoms with Crippen molar-refractivity contribution in [1.29, 1.82) is 0 Å². The number of aromatic nitrogens is 2. The van der Waals surface area contributed by atoms with Crippen LogP contribution >= 0.6 is 0 Å². The molecular formula is C24H26N4O5S. The van der Waals surface area contributed by atoms with Gasteiger partial charge >= 0.3 is 5.97 Å². The number of benzene rings is 2. The fraction of sp³-hybridized carbons (Fsp3) is 0.208. The van der Waals surface area contributed by atoms with Crippen LogP contribution in [0.4, 0.5) is 0 Å². The summed E-state index contributed by atoms with van der Waals surface area (Å²) in [5.74, 6) is -1.28. The van der Waals surface area contributed by atoms with E-state index in [2.05, 4.69) is 9.82 Å². The van der Waals surface area contributed by atoms with Crippen LogP contribution in [0.1, 0.15) is 16.7 Å². The average Bonchev–Trinajstić information content (AvgIpc) is 3.30. The van der Waals surface area contributed by atoms with Crippen LogP contribution < -0.4 is 4.72 Å². The summed E-state index contributed by atoms with van der Waals surface area (Å²) in [6.07, 6.45) is 4.89. The van der Waals surface area contributed by atoms with E-state index in [1.807, 2.05) is 55.6 Å². The average molecular weight is 483 g/mol. The molecule has 34 heavy (non-hydrogen) atoms. The minimum Gasteiger partial charge on any atom is -0.455 e. The van der Waals surface area contributed by atoms with Gasteiger partial charge in [-0.3, -0.25) is 9.59 Å². The van der Waals surface area contributed by atoms with Crippen molar-refractivity contribution in [3.05, 3.63) is 89.1 Å². The van der Waals surface area contributed by atoms with E-state index in [1.165, 1.54) is 11.0 Å². The number of nitrogens with zero attached hydrogens (tertiary/aromatic N) is 3.